The highest BCUT2D eigenvalue weighted by Gasteiger charge is 2.35. The summed E-state index contributed by atoms with van der Waals surface area (Å²) >= 11 is 5.67. The fourth-order valence-electron chi connectivity index (χ4n) is 2.49. The molecule has 6 heteroatoms. The molecule has 0 amide bonds. The maximum absolute atomic E-state index is 12.5. The van der Waals surface area contributed by atoms with Gasteiger partial charge >= 0.3 is 0 Å². The van der Waals surface area contributed by atoms with Gasteiger partial charge in [-0.1, -0.05) is 12.1 Å². The van der Waals surface area contributed by atoms with Crippen LogP contribution in [-0.4, -0.2) is 20.8 Å². The van der Waals surface area contributed by atoms with E-state index in [1.54, 1.807) is 24.3 Å². The van der Waals surface area contributed by atoms with E-state index >= 15 is 0 Å². The van der Waals surface area contributed by atoms with Gasteiger partial charge in [0.25, 0.3) is 10.0 Å². The number of rotatable bonds is 3. The third-order valence-electron chi connectivity index (χ3n) is 3.35. The van der Waals surface area contributed by atoms with E-state index < -0.39 is 10.0 Å². The van der Waals surface area contributed by atoms with Crippen LogP contribution in [0.15, 0.2) is 35.2 Å². The molecule has 0 aliphatic carbocycles. The van der Waals surface area contributed by atoms with Crippen molar-refractivity contribution in [2.24, 2.45) is 0 Å². The van der Waals surface area contributed by atoms with Gasteiger partial charge < -0.3 is 5.73 Å². The van der Waals surface area contributed by atoms with Gasteiger partial charge in [-0.25, -0.2) is 8.42 Å². The topological polar surface area (TPSA) is 63.4 Å². The second kappa shape index (κ2) is 4.28. The van der Waals surface area contributed by atoms with Crippen LogP contribution in [0.25, 0.3) is 10.8 Å². The van der Waals surface area contributed by atoms with Crippen LogP contribution in [0.3, 0.4) is 0 Å². The van der Waals surface area contributed by atoms with Crippen molar-refractivity contribution in [3.05, 3.63) is 30.3 Å². The van der Waals surface area contributed by atoms with E-state index in [0.717, 1.165) is 10.8 Å². The molecule has 0 fully saturated rings. The highest BCUT2D eigenvalue weighted by Crippen LogP contribution is 2.43. The maximum Gasteiger partial charge on any atom is 0.265 e. The number of nitrogens with two attached hydrogens (primary N) is 1. The quantitative estimate of drug-likeness (QED) is 0.699. The number of nitrogens with zero attached hydrogens (tertiary/aromatic N) is 1. The molecule has 0 unspecified atom stereocenters. The van der Waals surface area contributed by atoms with E-state index in [1.165, 1.54) is 4.31 Å². The summed E-state index contributed by atoms with van der Waals surface area (Å²) in [5, 5.41) is 1.50. The van der Waals surface area contributed by atoms with Gasteiger partial charge in [0.1, 0.15) is 0 Å². The van der Waals surface area contributed by atoms with Gasteiger partial charge in [-0.15, -0.1) is 11.6 Å². The zero-order valence-corrected chi connectivity index (χ0v) is 11.7. The number of sulfonamides is 1. The molecule has 19 heavy (non-hydrogen) atoms. The molecule has 0 spiro atoms. The predicted octanol–water partition coefficient (Wildman–Crippen LogP) is 2.56. The monoisotopic (exact) mass is 296 g/mol. The van der Waals surface area contributed by atoms with Crippen LogP contribution >= 0.6 is 11.6 Å². The Bertz CT molecular complexity index is 759. The summed E-state index contributed by atoms with van der Waals surface area (Å²) < 4.78 is 26.5. The van der Waals surface area contributed by atoms with E-state index in [-0.39, 0.29) is 0 Å². The Balaban J connectivity index is 2.31. The molecule has 1 aliphatic rings. The van der Waals surface area contributed by atoms with Gasteiger partial charge in [-0.05, 0) is 24.6 Å². The summed E-state index contributed by atoms with van der Waals surface area (Å²) in [5.41, 5.74) is 7.21. The summed E-state index contributed by atoms with van der Waals surface area (Å²) in [6.45, 7) is 0.388. The minimum atomic E-state index is -3.47. The maximum atomic E-state index is 12.5. The minimum absolute atomic E-state index is 0.335. The van der Waals surface area contributed by atoms with Crippen LogP contribution < -0.4 is 10.0 Å². The second-order valence-corrected chi connectivity index (χ2v) is 6.68. The molecular weight excluding hydrogens is 284 g/mol. The van der Waals surface area contributed by atoms with Crippen LogP contribution in [-0.2, 0) is 10.0 Å². The molecule has 0 radical (unpaired) electrons. The Morgan fingerprint density at radius 2 is 2.00 bits per heavy atom. The Hall–Kier alpha value is -1.46. The SMILES string of the molecule is Nc1ccc2c3c(cccc13)S(=O)(=O)N2CCCCl. The summed E-state index contributed by atoms with van der Waals surface area (Å²) in [6.07, 6.45) is 0.612. The van der Waals surface area contributed by atoms with E-state index in [9.17, 15) is 8.42 Å². The van der Waals surface area contributed by atoms with E-state index in [1.807, 2.05) is 6.07 Å². The number of anilines is 2. The van der Waals surface area contributed by atoms with Crippen molar-refractivity contribution in [2.75, 3.05) is 22.5 Å². The highest BCUT2D eigenvalue weighted by molar-refractivity contribution is 7.93. The van der Waals surface area contributed by atoms with Crippen molar-refractivity contribution < 1.29 is 8.42 Å². The largest absolute Gasteiger partial charge is 0.398 e. The fraction of sp³-hybridized carbons (Fsp3) is 0.231. The number of benzene rings is 2. The lowest BCUT2D eigenvalue weighted by Gasteiger charge is -2.18. The molecule has 100 valence electrons. The smallest absolute Gasteiger partial charge is 0.265 e. The summed E-state index contributed by atoms with van der Waals surface area (Å²) in [7, 11) is -3.47. The highest BCUT2D eigenvalue weighted by atomic mass is 35.5. The number of hydrogen-bond donors (Lipinski definition) is 1. The van der Waals surface area contributed by atoms with Crippen LogP contribution in [0.1, 0.15) is 6.42 Å². The van der Waals surface area contributed by atoms with E-state index in [0.29, 0.717) is 35.1 Å². The van der Waals surface area contributed by atoms with Crippen molar-refractivity contribution in [1.29, 1.82) is 0 Å². The normalized spacial score (nSPS) is 16.2. The van der Waals surface area contributed by atoms with Gasteiger partial charge in [-0.3, -0.25) is 4.31 Å². The number of hydrogen-bond acceptors (Lipinski definition) is 3. The summed E-state index contributed by atoms with van der Waals surface area (Å²) in [4.78, 5) is 0.335. The molecule has 2 N–H and O–H groups in total. The zero-order valence-electron chi connectivity index (χ0n) is 10.1. The van der Waals surface area contributed by atoms with Crippen molar-refractivity contribution in [3.8, 4) is 0 Å². The van der Waals surface area contributed by atoms with Gasteiger partial charge in [-0.2, -0.15) is 0 Å². The summed E-state index contributed by atoms with van der Waals surface area (Å²) in [6, 6.07) is 8.70. The Morgan fingerprint density at radius 3 is 2.74 bits per heavy atom. The molecule has 1 heterocycles. The Morgan fingerprint density at radius 1 is 1.21 bits per heavy atom. The number of nitrogen functional groups attached to an aromatic ring is 1. The third-order valence-corrected chi connectivity index (χ3v) is 5.47. The van der Waals surface area contributed by atoms with Crippen molar-refractivity contribution >= 4 is 43.8 Å². The van der Waals surface area contributed by atoms with Crippen molar-refractivity contribution in [3.63, 3.8) is 0 Å². The second-order valence-electron chi connectivity index (χ2n) is 4.47. The molecular formula is C13H13ClN2O2S. The average molecular weight is 297 g/mol. The lowest BCUT2D eigenvalue weighted by atomic mass is 10.1. The van der Waals surface area contributed by atoms with Crippen LogP contribution in [0, 0.1) is 0 Å². The lowest BCUT2D eigenvalue weighted by Crippen LogP contribution is -2.28. The van der Waals surface area contributed by atoms with Gasteiger partial charge in [0.2, 0.25) is 0 Å². The average Bonchev–Trinajstić information content (AvgIpc) is 2.61. The van der Waals surface area contributed by atoms with Crippen LogP contribution in [0.2, 0.25) is 0 Å². The first-order valence-corrected chi connectivity index (χ1v) is 7.95. The van der Waals surface area contributed by atoms with E-state index in [4.69, 9.17) is 17.3 Å². The molecule has 4 nitrogen and oxygen atoms in total. The Labute approximate surface area is 116 Å². The standard InChI is InChI=1S/C13H13ClN2O2S/c14-7-2-8-16-11-6-5-10(15)9-3-1-4-12(13(9)11)19(16,17)18/h1,3-6H,2,7-8,15H2. The predicted molar refractivity (Wildman–Crippen MR) is 78.2 cm³/mol. The third kappa shape index (κ3) is 1.69. The first-order valence-electron chi connectivity index (χ1n) is 5.97. The molecule has 0 saturated carbocycles. The molecule has 2 aromatic carbocycles. The fourth-order valence-corrected chi connectivity index (χ4v) is 4.35. The first-order chi connectivity index (χ1) is 9.07. The van der Waals surface area contributed by atoms with Crippen molar-refractivity contribution in [2.45, 2.75) is 11.3 Å². The van der Waals surface area contributed by atoms with Gasteiger partial charge in [0.05, 0.1) is 10.6 Å². The van der Waals surface area contributed by atoms with Gasteiger partial charge in [0.15, 0.2) is 0 Å². The molecule has 0 bridgehead atoms. The molecule has 2 aromatic rings. The molecule has 0 saturated heterocycles. The first kappa shape index (κ1) is 12.6. The number of halogens is 1. The van der Waals surface area contributed by atoms with Crippen LogP contribution in [0.4, 0.5) is 11.4 Å². The molecule has 1 aliphatic heterocycles. The number of alkyl halides is 1. The van der Waals surface area contributed by atoms with Crippen LogP contribution in [0.5, 0.6) is 0 Å². The Kier molecular flexibility index (Phi) is 2.83. The minimum Gasteiger partial charge on any atom is -0.398 e. The van der Waals surface area contributed by atoms with E-state index in [2.05, 4.69) is 0 Å². The van der Waals surface area contributed by atoms with Gasteiger partial charge in [0, 0.05) is 28.9 Å². The molecule has 0 aromatic heterocycles. The molecule has 0 atom stereocenters. The molecule has 3 rings (SSSR count). The van der Waals surface area contributed by atoms with Crippen molar-refractivity contribution in [1.82, 2.24) is 0 Å². The lowest BCUT2D eigenvalue weighted by molar-refractivity contribution is 0.593. The summed E-state index contributed by atoms with van der Waals surface area (Å²) in [5.74, 6) is 0.431. The zero-order chi connectivity index (χ0) is 13.6.